The molecule has 40 heavy (non-hydrogen) atoms. The summed E-state index contributed by atoms with van der Waals surface area (Å²) in [7, 11) is 0. The van der Waals surface area contributed by atoms with Crippen molar-refractivity contribution in [1.82, 2.24) is 15.1 Å². The third-order valence-electron chi connectivity index (χ3n) is 9.36. The quantitative estimate of drug-likeness (QED) is 0.460. The van der Waals surface area contributed by atoms with Crippen LogP contribution in [-0.4, -0.2) is 77.5 Å². The SMILES string of the molecule is O=C(Nc1cc(Cl)cc(Cl)c1)[C@@H]1[C@@H]2C=C[C@]3(O2)[C@@H]1C(=O)N(CCN1CCCCCC1)[C@H]3C(=O)NC1CCCCC1. The Kier molecular flexibility index (Phi) is 8.14. The molecule has 5 atom stereocenters. The van der Waals surface area contributed by atoms with Crippen LogP contribution in [0.25, 0.3) is 0 Å². The van der Waals surface area contributed by atoms with Gasteiger partial charge in [-0.25, -0.2) is 0 Å². The second kappa shape index (κ2) is 11.6. The van der Waals surface area contributed by atoms with Crippen molar-refractivity contribution < 1.29 is 19.1 Å². The minimum absolute atomic E-state index is 0.105. The van der Waals surface area contributed by atoms with Gasteiger partial charge in [-0.1, -0.05) is 67.5 Å². The fraction of sp³-hybridized carbons (Fsp3) is 0.633. The van der Waals surface area contributed by atoms with Gasteiger partial charge < -0.3 is 25.2 Å². The average Bonchev–Trinajstić information content (AvgIpc) is 3.46. The molecular formula is C30H38Cl2N4O4. The molecular weight excluding hydrogens is 551 g/mol. The number of carbonyl (C=O) groups excluding carboxylic acids is 3. The van der Waals surface area contributed by atoms with Gasteiger partial charge in [-0.3, -0.25) is 14.4 Å². The fourth-order valence-corrected chi connectivity index (χ4v) is 8.02. The number of carbonyl (C=O) groups is 3. The number of halogens is 2. The molecule has 1 aliphatic carbocycles. The highest BCUT2D eigenvalue weighted by Crippen LogP contribution is 2.55. The molecule has 216 valence electrons. The maximum absolute atomic E-state index is 14.2. The van der Waals surface area contributed by atoms with Crippen LogP contribution in [0.1, 0.15) is 57.8 Å². The number of benzene rings is 1. The summed E-state index contributed by atoms with van der Waals surface area (Å²) in [4.78, 5) is 45.9. The van der Waals surface area contributed by atoms with Crippen LogP contribution in [0.15, 0.2) is 30.4 Å². The summed E-state index contributed by atoms with van der Waals surface area (Å²) < 4.78 is 6.48. The number of fused-ring (bicyclic) bond motifs is 1. The second-order valence-corrected chi connectivity index (χ2v) is 12.9. The summed E-state index contributed by atoms with van der Waals surface area (Å²) in [5, 5.41) is 6.95. The number of amides is 3. The van der Waals surface area contributed by atoms with Gasteiger partial charge in [0.2, 0.25) is 17.7 Å². The van der Waals surface area contributed by atoms with Crippen LogP contribution >= 0.6 is 23.2 Å². The van der Waals surface area contributed by atoms with Crippen LogP contribution in [0.3, 0.4) is 0 Å². The molecule has 4 fully saturated rings. The van der Waals surface area contributed by atoms with Crippen molar-refractivity contribution in [2.75, 3.05) is 31.5 Å². The molecule has 10 heteroatoms. The first-order valence-corrected chi connectivity index (χ1v) is 15.6. The minimum Gasteiger partial charge on any atom is -0.359 e. The Morgan fingerprint density at radius 3 is 2.30 bits per heavy atom. The smallest absolute Gasteiger partial charge is 0.246 e. The van der Waals surface area contributed by atoms with E-state index in [0.717, 1.165) is 51.6 Å². The van der Waals surface area contributed by atoms with E-state index in [4.69, 9.17) is 27.9 Å². The first-order valence-electron chi connectivity index (χ1n) is 14.8. The van der Waals surface area contributed by atoms with E-state index in [-0.39, 0.29) is 23.8 Å². The third-order valence-corrected chi connectivity index (χ3v) is 9.80. The molecule has 3 saturated heterocycles. The Balaban J connectivity index is 1.26. The van der Waals surface area contributed by atoms with Gasteiger partial charge in [-0.15, -0.1) is 0 Å². The number of hydrogen-bond acceptors (Lipinski definition) is 5. The van der Waals surface area contributed by atoms with Crippen molar-refractivity contribution in [3.63, 3.8) is 0 Å². The van der Waals surface area contributed by atoms with Gasteiger partial charge in [-0.05, 0) is 57.0 Å². The zero-order valence-corrected chi connectivity index (χ0v) is 24.3. The molecule has 3 amide bonds. The lowest BCUT2D eigenvalue weighted by Gasteiger charge is -2.35. The normalized spacial score (nSPS) is 32.2. The van der Waals surface area contributed by atoms with Crippen molar-refractivity contribution in [3.8, 4) is 0 Å². The molecule has 1 spiro atoms. The van der Waals surface area contributed by atoms with E-state index >= 15 is 0 Å². The van der Waals surface area contributed by atoms with E-state index < -0.39 is 29.6 Å². The number of anilines is 1. The molecule has 5 aliphatic rings. The standard InChI is InChI=1S/C30H38Cl2N4O4/c31-19-16-20(32)18-22(17-19)34-27(37)24-23-10-11-30(40-23)25(24)29(39)36(15-14-35-12-6-1-2-7-13-35)26(30)28(38)33-21-8-4-3-5-9-21/h10-11,16-18,21,23-26H,1-9,12-15H2,(H,33,38)(H,34,37)/t23-,24+,25-,26-,30-/m0/s1. The zero-order chi connectivity index (χ0) is 27.9. The van der Waals surface area contributed by atoms with Crippen molar-refractivity contribution in [2.45, 2.75) is 81.6 Å². The Morgan fingerprint density at radius 1 is 0.925 bits per heavy atom. The Morgan fingerprint density at radius 2 is 1.60 bits per heavy atom. The Hall–Kier alpha value is -2.13. The predicted octanol–water partition coefficient (Wildman–Crippen LogP) is 4.41. The van der Waals surface area contributed by atoms with Gasteiger partial charge >= 0.3 is 0 Å². The lowest BCUT2D eigenvalue weighted by atomic mass is 9.74. The van der Waals surface area contributed by atoms with Crippen molar-refractivity contribution >= 4 is 46.6 Å². The van der Waals surface area contributed by atoms with Crippen LogP contribution < -0.4 is 10.6 Å². The van der Waals surface area contributed by atoms with Crippen molar-refractivity contribution in [2.24, 2.45) is 11.8 Å². The first kappa shape index (κ1) is 28.0. The summed E-state index contributed by atoms with van der Waals surface area (Å²) in [6.45, 7) is 3.13. The zero-order valence-electron chi connectivity index (χ0n) is 22.7. The van der Waals surface area contributed by atoms with Gasteiger partial charge in [0, 0.05) is 34.9 Å². The van der Waals surface area contributed by atoms with Gasteiger partial charge in [-0.2, -0.15) is 0 Å². The molecule has 8 nitrogen and oxygen atoms in total. The molecule has 1 aromatic carbocycles. The number of rotatable bonds is 7. The summed E-state index contributed by atoms with van der Waals surface area (Å²) in [6.07, 6.45) is 13.2. The van der Waals surface area contributed by atoms with Crippen LogP contribution in [-0.2, 0) is 19.1 Å². The monoisotopic (exact) mass is 588 g/mol. The lowest BCUT2D eigenvalue weighted by molar-refractivity contribution is -0.141. The molecule has 4 heterocycles. The van der Waals surface area contributed by atoms with Crippen LogP contribution in [0.4, 0.5) is 5.69 Å². The maximum atomic E-state index is 14.2. The number of hydrogen-bond donors (Lipinski definition) is 2. The highest BCUT2D eigenvalue weighted by Gasteiger charge is 2.72. The van der Waals surface area contributed by atoms with E-state index in [2.05, 4.69) is 15.5 Å². The van der Waals surface area contributed by atoms with Crippen molar-refractivity contribution in [1.29, 1.82) is 0 Å². The second-order valence-electron chi connectivity index (χ2n) is 12.0. The van der Waals surface area contributed by atoms with E-state index in [1.807, 2.05) is 12.2 Å². The lowest BCUT2D eigenvalue weighted by Crippen LogP contribution is -2.57. The maximum Gasteiger partial charge on any atom is 0.246 e. The minimum atomic E-state index is -1.16. The van der Waals surface area contributed by atoms with Gasteiger partial charge in [0.25, 0.3) is 0 Å². The number of nitrogens with one attached hydrogen (secondary N) is 2. The first-order chi connectivity index (χ1) is 19.4. The van der Waals surface area contributed by atoms with E-state index in [9.17, 15) is 14.4 Å². The molecule has 2 bridgehead atoms. The summed E-state index contributed by atoms with van der Waals surface area (Å²) in [6, 6.07) is 4.13. The van der Waals surface area contributed by atoms with E-state index in [1.54, 1.807) is 23.1 Å². The summed E-state index contributed by atoms with van der Waals surface area (Å²) >= 11 is 12.3. The van der Waals surface area contributed by atoms with Crippen LogP contribution in [0.2, 0.25) is 10.0 Å². The van der Waals surface area contributed by atoms with Gasteiger partial charge in [0.1, 0.15) is 11.6 Å². The number of ether oxygens (including phenoxy) is 1. The molecule has 2 N–H and O–H groups in total. The summed E-state index contributed by atoms with van der Waals surface area (Å²) in [5.41, 5.74) is -0.703. The molecule has 6 rings (SSSR count). The highest BCUT2D eigenvalue weighted by molar-refractivity contribution is 6.35. The Labute approximate surface area is 245 Å². The molecule has 0 radical (unpaired) electrons. The number of nitrogens with zero attached hydrogens (tertiary/aromatic N) is 2. The predicted molar refractivity (Wildman–Crippen MR) is 154 cm³/mol. The van der Waals surface area contributed by atoms with E-state index in [0.29, 0.717) is 28.8 Å². The third kappa shape index (κ3) is 5.28. The van der Waals surface area contributed by atoms with Crippen LogP contribution in [0.5, 0.6) is 0 Å². The topological polar surface area (TPSA) is 91.0 Å². The van der Waals surface area contributed by atoms with E-state index in [1.165, 1.54) is 19.3 Å². The molecule has 1 aromatic rings. The van der Waals surface area contributed by atoms with Crippen LogP contribution in [0, 0.1) is 11.8 Å². The fourth-order valence-electron chi connectivity index (χ4n) is 7.50. The van der Waals surface area contributed by atoms with Gasteiger partial charge in [0.15, 0.2) is 0 Å². The summed E-state index contributed by atoms with van der Waals surface area (Å²) in [5.74, 6) is -2.23. The average molecular weight is 590 g/mol. The molecule has 0 unspecified atom stereocenters. The Bertz CT molecular complexity index is 1160. The largest absolute Gasteiger partial charge is 0.359 e. The molecule has 0 aromatic heterocycles. The molecule has 1 saturated carbocycles. The molecule has 4 aliphatic heterocycles. The van der Waals surface area contributed by atoms with Gasteiger partial charge in [0.05, 0.1) is 17.9 Å². The highest BCUT2D eigenvalue weighted by atomic mass is 35.5. The number of likely N-dealkylation sites (tertiary alicyclic amines) is 2. The van der Waals surface area contributed by atoms with Crippen molar-refractivity contribution in [3.05, 3.63) is 40.4 Å².